The zero-order valence-electron chi connectivity index (χ0n) is 35.9. The lowest BCUT2D eigenvalue weighted by Crippen LogP contribution is -2.10. The predicted octanol–water partition coefficient (Wildman–Crippen LogP) is 13.0. The molecule has 0 radical (unpaired) electrons. The van der Waals surface area contributed by atoms with E-state index < -0.39 is 19.7 Å². The van der Waals surface area contributed by atoms with Crippen LogP contribution < -0.4 is 0 Å². The monoisotopic (exact) mass is 694 g/mol. The van der Waals surface area contributed by atoms with Gasteiger partial charge in [0.2, 0.25) is 0 Å². The van der Waals surface area contributed by atoms with E-state index in [1.165, 1.54) is 0 Å². The van der Waals surface area contributed by atoms with Crippen molar-refractivity contribution in [2.24, 2.45) is 6.98 Å². The fraction of sp³-hybridized carbons (Fsp3) is 0.167. The van der Waals surface area contributed by atoms with Crippen LogP contribution in [0.25, 0.3) is 93.8 Å². The number of fused-ring (bicyclic) bond motifs is 9. The minimum atomic E-state index is -2.87. The molecule has 258 valence electrons. The maximum Gasteiger partial charge on any atom is 0.149 e. The first-order valence-corrected chi connectivity index (χ1v) is 18.1. The predicted molar refractivity (Wildman–Crippen MR) is 221 cm³/mol. The van der Waals surface area contributed by atoms with Gasteiger partial charge in [-0.05, 0) is 105 Å². The highest BCUT2D eigenvalue weighted by molar-refractivity contribution is 6.17. The molecule has 3 aromatic heterocycles. The zero-order valence-corrected chi connectivity index (χ0v) is 29.9. The summed E-state index contributed by atoms with van der Waals surface area (Å²) in [6.45, 7) is 2.94. The van der Waals surface area contributed by atoms with Crippen LogP contribution in [-0.4, -0.2) is 19.1 Å². The fourth-order valence-electron chi connectivity index (χ4n) is 8.21. The van der Waals surface area contributed by atoms with Gasteiger partial charge in [-0.2, -0.15) is 0 Å². The third-order valence-electron chi connectivity index (χ3n) is 10.8. The van der Waals surface area contributed by atoms with Gasteiger partial charge < -0.3 is 8.98 Å². The summed E-state index contributed by atoms with van der Waals surface area (Å²) in [5.41, 5.74) is 8.54. The first kappa shape index (κ1) is 25.7. The van der Waals surface area contributed by atoms with Crippen molar-refractivity contribution in [2.45, 2.75) is 46.4 Å². The standard InChI is InChI=1S/C48H40N4O/c1-27(2)37-24-33(30-13-8-7-9-14-30)25-38(28(3)4)44(37)52-46-42(22-21-41-45(46)51(6)29(5)49-41)50-48(52)36-18-12-17-35-40-23-32-20-19-31-15-10-11-16-34(31)39(32)26-43(40)53-47(35)36/h7-28H,1-6H3/i5D3,6D3. The van der Waals surface area contributed by atoms with E-state index >= 15 is 0 Å². The largest absolute Gasteiger partial charge is 0.455 e. The number of hydrogen-bond acceptors (Lipinski definition) is 3. The van der Waals surface area contributed by atoms with E-state index in [0.717, 1.165) is 70.4 Å². The van der Waals surface area contributed by atoms with Gasteiger partial charge in [-0.1, -0.05) is 107 Å². The summed E-state index contributed by atoms with van der Waals surface area (Å²) in [6.07, 6.45) is 0. The number of furan rings is 1. The highest BCUT2D eigenvalue weighted by atomic mass is 16.3. The zero-order chi connectivity index (χ0) is 41.1. The van der Waals surface area contributed by atoms with E-state index in [4.69, 9.17) is 17.6 Å². The summed E-state index contributed by atoms with van der Waals surface area (Å²) in [7, 11) is 0. The Kier molecular flexibility index (Phi) is 5.65. The Morgan fingerprint density at radius 1 is 0.604 bits per heavy atom. The second-order valence-corrected chi connectivity index (χ2v) is 14.7. The van der Waals surface area contributed by atoms with Crippen LogP contribution >= 0.6 is 0 Å². The SMILES string of the molecule is [2H]C([2H])([2H])c1nc2ccc3nc(-c4cccc5c4oc4cc6c(ccc7ccccc76)cc45)n(-c4c(C(C)C)cc(-c5ccccc5)cc4C(C)C)c3c2n1C([2H])([2H])[2H]. The fourth-order valence-corrected chi connectivity index (χ4v) is 8.21. The number of para-hydroxylation sites is 1. The highest BCUT2D eigenvalue weighted by Gasteiger charge is 2.27. The van der Waals surface area contributed by atoms with Crippen LogP contribution in [0.15, 0.2) is 126 Å². The molecule has 0 atom stereocenters. The van der Waals surface area contributed by atoms with Gasteiger partial charge in [-0.25, -0.2) is 9.97 Å². The maximum atomic E-state index is 8.70. The molecule has 7 aromatic carbocycles. The molecule has 10 rings (SSSR count). The molecule has 0 amide bonds. The molecule has 0 fully saturated rings. The van der Waals surface area contributed by atoms with Crippen molar-refractivity contribution >= 4 is 65.6 Å². The van der Waals surface area contributed by atoms with Crippen LogP contribution in [0, 0.1) is 6.85 Å². The van der Waals surface area contributed by atoms with Gasteiger partial charge in [0.05, 0.1) is 33.3 Å². The number of imidazole rings is 2. The minimum Gasteiger partial charge on any atom is -0.455 e. The molecule has 0 unspecified atom stereocenters. The number of aromatic nitrogens is 4. The van der Waals surface area contributed by atoms with Crippen molar-refractivity contribution in [1.82, 2.24) is 19.1 Å². The van der Waals surface area contributed by atoms with Crippen LogP contribution in [0.4, 0.5) is 0 Å². The van der Waals surface area contributed by atoms with E-state index in [0.29, 0.717) is 28.0 Å². The molecule has 5 heteroatoms. The minimum absolute atomic E-state index is 0.0189. The number of nitrogens with zero attached hydrogens (tertiary/aromatic N) is 4. The molecule has 0 saturated heterocycles. The van der Waals surface area contributed by atoms with Gasteiger partial charge in [0.1, 0.15) is 22.8 Å². The van der Waals surface area contributed by atoms with Crippen LogP contribution in [0.3, 0.4) is 0 Å². The van der Waals surface area contributed by atoms with Crippen molar-refractivity contribution in [2.75, 3.05) is 0 Å². The summed E-state index contributed by atoms with van der Waals surface area (Å²) in [6, 6.07) is 41.1. The van der Waals surface area contributed by atoms with Crippen LogP contribution in [0.2, 0.25) is 0 Å². The molecule has 0 bridgehead atoms. The molecule has 0 spiro atoms. The van der Waals surface area contributed by atoms with Crippen molar-refractivity contribution in [1.29, 1.82) is 0 Å². The van der Waals surface area contributed by atoms with Crippen molar-refractivity contribution in [3.8, 4) is 28.2 Å². The molecule has 0 N–H and O–H groups in total. The van der Waals surface area contributed by atoms with Crippen molar-refractivity contribution in [3.63, 3.8) is 0 Å². The molecule has 5 nitrogen and oxygen atoms in total. The van der Waals surface area contributed by atoms with Crippen molar-refractivity contribution < 1.29 is 12.6 Å². The lowest BCUT2D eigenvalue weighted by atomic mass is 9.88. The van der Waals surface area contributed by atoms with Crippen LogP contribution in [-0.2, 0) is 6.98 Å². The van der Waals surface area contributed by atoms with Gasteiger partial charge >= 0.3 is 0 Å². The molecule has 0 aliphatic rings. The lowest BCUT2D eigenvalue weighted by molar-refractivity contribution is 0.670. The number of benzene rings is 7. The number of hydrogen-bond donors (Lipinski definition) is 0. The average Bonchev–Trinajstić information content (AvgIpc) is 3.91. The van der Waals surface area contributed by atoms with E-state index in [1.807, 2.05) is 42.5 Å². The molecule has 53 heavy (non-hydrogen) atoms. The Labute approximate surface area is 316 Å². The van der Waals surface area contributed by atoms with Crippen LogP contribution in [0.5, 0.6) is 0 Å². The molecule has 0 aliphatic heterocycles. The van der Waals surface area contributed by atoms with Crippen molar-refractivity contribution in [3.05, 3.63) is 138 Å². The molecule has 10 aromatic rings. The Morgan fingerprint density at radius 2 is 1.32 bits per heavy atom. The molecular weight excluding hydrogens is 649 g/mol. The molecule has 3 heterocycles. The van der Waals surface area contributed by atoms with Gasteiger partial charge in [-0.3, -0.25) is 4.57 Å². The average molecular weight is 695 g/mol. The van der Waals surface area contributed by atoms with Gasteiger partial charge in [0.25, 0.3) is 0 Å². The number of aryl methyl sites for hydroxylation is 2. The summed E-state index contributed by atoms with van der Waals surface area (Å²) < 4.78 is 61.1. The smallest absolute Gasteiger partial charge is 0.149 e. The van der Waals surface area contributed by atoms with E-state index in [-0.39, 0.29) is 22.9 Å². The third-order valence-corrected chi connectivity index (χ3v) is 10.8. The van der Waals surface area contributed by atoms with E-state index in [2.05, 4.69) is 104 Å². The van der Waals surface area contributed by atoms with Gasteiger partial charge in [-0.15, -0.1) is 0 Å². The quantitative estimate of drug-likeness (QED) is 0.169. The second kappa shape index (κ2) is 11.7. The Bertz CT molecular complexity index is 3280. The molecular formula is C48H40N4O. The molecule has 0 aliphatic carbocycles. The molecule has 0 saturated carbocycles. The topological polar surface area (TPSA) is 48.8 Å². The second-order valence-electron chi connectivity index (χ2n) is 14.7. The number of rotatable bonds is 5. The van der Waals surface area contributed by atoms with E-state index in [9.17, 15) is 0 Å². The maximum absolute atomic E-state index is 8.70. The summed E-state index contributed by atoms with van der Waals surface area (Å²) in [4.78, 5) is 9.83. The summed E-state index contributed by atoms with van der Waals surface area (Å²) >= 11 is 0. The summed E-state index contributed by atoms with van der Waals surface area (Å²) in [5, 5.41) is 6.37. The normalized spacial score (nSPS) is 14.5. The van der Waals surface area contributed by atoms with Gasteiger partial charge in [0.15, 0.2) is 0 Å². The lowest BCUT2D eigenvalue weighted by Gasteiger charge is -2.24. The highest BCUT2D eigenvalue weighted by Crippen LogP contribution is 2.44. The van der Waals surface area contributed by atoms with Gasteiger partial charge in [0, 0.05) is 26.0 Å². The Morgan fingerprint density at radius 3 is 2.08 bits per heavy atom. The third kappa shape index (κ3) is 4.70. The van der Waals surface area contributed by atoms with E-state index in [1.54, 1.807) is 12.1 Å². The first-order valence-electron chi connectivity index (χ1n) is 21.1. The summed E-state index contributed by atoms with van der Waals surface area (Å²) in [5.74, 6) is 0.0776. The first-order chi connectivity index (χ1) is 28.2. The Hall–Kier alpha value is -6.20. The Balaban J connectivity index is 1.38. The van der Waals surface area contributed by atoms with Crippen LogP contribution in [0.1, 0.15) is 64.7 Å².